The fourth-order valence-electron chi connectivity index (χ4n) is 3.08. The molecule has 1 N–H and O–H groups in total. The van der Waals surface area contributed by atoms with E-state index in [2.05, 4.69) is 4.57 Å². The normalized spacial score (nSPS) is 18.5. The van der Waals surface area contributed by atoms with Crippen LogP contribution in [0.2, 0.25) is 0 Å². The molecule has 1 atom stereocenters. The Bertz CT molecular complexity index is 773. The molecule has 0 saturated carbocycles. The second kappa shape index (κ2) is 5.00. The van der Waals surface area contributed by atoms with Gasteiger partial charge >= 0.3 is 0 Å². The summed E-state index contributed by atoms with van der Waals surface area (Å²) in [5.74, 6) is 0. The lowest BCUT2D eigenvalue weighted by molar-refractivity contribution is 0.156. The molecule has 1 unspecified atom stereocenters. The quantitative estimate of drug-likeness (QED) is 0.927. The van der Waals surface area contributed by atoms with Crippen molar-refractivity contribution >= 4 is 9.84 Å². The van der Waals surface area contributed by atoms with Crippen molar-refractivity contribution in [2.24, 2.45) is 0 Å². The summed E-state index contributed by atoms with van der Waals surface area (Å²) in [5.41, 5.74) is 4.15. The summed E-state index contributed by atoms with van der Waals surface area (Å²) in [6.07, 6.45) is 3.54. The Morgan fingerprint density at radius 1 is 1.24 bits per heavy atom. The predicted molar refractivity (Wildman–Crippen MR) is 81.5 cm³/mol. The summed E-state index contributed by atoms with van der Waals surface area (Å²) in [5, 5.41) is 10.1. The van der Waals surface area contributed by atoms with Crippen LogP contribution in [0.4, 0.5) is 0 Å². The molecule has 1 heterocycles. The van der Waals surface area contributed by atoms with Crippen molar-refractivity contribution in [1.29, 1.82) is 0 Å². The second-order valence-corrected chi connectivity index (χ2v) is 7.71. The molecule has 1 aliphatic rings. The standard InChI is InChI=1S/C16H19NO3S/c1-11-10-14-15(4-3-5-16(14)18)17(11)12-6-8-13(9-7-12)21(2,19)20/h6-10,16,18H,3-5H2,1-2H3. The van der Waals surface area contributed by atoms with Gasteiger partial charge in [0.05, 0.1) is 11.0 Å². The van der Waals surface area contributed by atoms with Crippen LogP contribution in [0, 0.1) is 6.92 Å². The zero-order valence-corrected chi connectivity index (χ0v) is 13.0. The maximum atomic E-state index is 11.5. The number of aryl methyl sites for hydroxylation is 1. The average molecular weight is 305 g/mol. The minimum absolute atomic E-state index is 0.324. The summed E-state index contributed by atoms with van der Waals surface area (Å²) in [6, 6.07) is 8.95. The van der Waals surface area contributed by atoms with Crippen LogP contribution in [-0.4, -0.2) is 24.3 Å². The van der Waals surface area contributed by atoms with Gasteiger partial charge in [-0.05, 0) is 56.5 Å². The number of nitrogens with zero attached hydrogens (tertiary/aromatic N) is 1. The monoisotopic (exact) mass is 305 g/mol. The first-order valence-corrected chi connectivity index (χ1v) is 8.97. The van der Waals surface area contributed by atoms with Gasteiger partial charge in [0.25, 0.3) is 0 Å². The highest BCUT2D eigenvalue weighted by Gasteiger charge is 2.23. The first kappa shape index (κ1) is 14.4. The van der Waals surface area contributed by atoms with E-state index >= 15 is 0 Å². The number of aromatic nitrogens is 1. The van der Waals surface area contributed by atoms with Crippen LogP contribution in [0.5, 0.6) is 0 Å². The van der Waals surface area contributed by atoms with Gasteiger partial charge in [-0.15, -0.1) is 0 Å². The molecule has 0 bridgehead atoms. The minimum Gasteiger partial charge on any atom is -0.388 e. The van der Waals surface area contributed by atoms with Gasteiger partial charge < -0.3 is 9.67 Å². The largest absolute Gasteiger partial charge is 0.388 e. The van der Waals surface area contributed by atoms with Gasteiger partial charge in [-0.3, -0.25) is 0 Å². The lowest BCUT2D eigenvalue weighted by atomic mass is 9.95. The van der Waals surface area contributed by atoms with E-state index in [0.717, 1.165) is 41.9 Å². The first-order valence-electron chi connectivity index (χ1n) is 7.07. The molecule has 0 fully saturated rings. The van der Waals surface area contributed by atoms with Crippen molar-refractivity contribution in [3.05, 3.63) is 47.3 Å². The van der Waals surface area contributed by atoms with Gasteiger partial charge in [-0.2, -0.15) is 0 Å². The van der Waals surface area contributed by atoms with Crippen molar-refractivity contribution in [2.75, 3.05) is 6.26 Å². The molecule has 3 rings (SSSR count). The third-order valence-corrected chi connectivity index (χ3v) is 5.22. The van der Waals surface area contributed by atoms with E-state index in [1.165, 1.54) is 6.26 Å². The fourth-order valence-corrected chi connectivity index (χ4v) is 3.71. The third-order valence-electron chi connectivity index (χ3n) is 4.09. The van der Waals surface area contributed by atoms with Gasteiger partial charge in [0.15, 0.2) is 9.84 Å². The number of sulfone groups is 1. The topological polar surface area (TPSA) is 59.3 Å². The SMILES string of the molecule is Cc1cc2c(n1-c1ccc(S(C)(=O)=O)cc1)CCCC2O. The summed E-state index contributed by atoms with van der Waals surface area (Å²) in [6.45, 7) is 2.01. The number of aliphatic hydroxyl groups is 1. The smallest absolute Gasteiger partial charge is 0.175 e. The van der Waals surface area contributed by atoms with Crippen LogP contribution in [0.3, 0.4) is 0 Å². The predicted octanol–water partition coefficient (Wildman–Crippen LogP) is 2.56. The summed E-state index contributed by atoms with van der Waals surface area (Å²) in [7, 11) is -3.17. The molecule has 21 heavy (non-hydrogen) atoms. The van der Waals surface area contributed by atoms with E-state index in [4.69, 9.17) is 0 Å². The van der Waals surface area contributed by atoms with E-state index < -0.39 is 9.84 Å². The van der Waals surface area contributed by atoms with Gasteiger partial charge in [0, 0.05) is 28.9 Å². The van der Waals surface area contributed by atoms with Crippen molar-refractivity contribution in [1.82, 2.24) is 4.57 Å². The molecule has 2 aromatic rings. The lowest BCUT2D eigenvalue weighted by Crippen LogP contribution is -2.11. The number of fused-ring (bicyclic) bond motifs is 1. The molecule has 5 heteroatoms. The van der Waals surface area contributed by atoms with Crippen molar-refractivity contribution in [2.45, 2.75) is 37.2 Å². The zero-order valence-electron chi connectivity index (χ0n) is 12.2. The van der Waals surface area contributed by atoms with Crippen LogP contribution >= 0.6 is 0 Å². The lowest BCUT2D eigenvalue weighted by Gasteiger charge is -2.20. The molecule has 1 aliphatic carbocycles. The molecule has 0 spiro atoms. The molecule has 0 amide bonds. The number of benzene rings is 1. The van der Waals surface area contributed by atoms with E-state index in [0.29, 0.717) is 4.90 Å². The summed E-state index contributed by atoms with van der Waals surface area (Å²) >= 11 is 0. The van der Waals surface area contributed by atoms with E-state index in [1.54, 1.807) is 12.1 Å². The molecule has 1 aromatic heterocycles. The Hall–Kier alpha value is -1.59. The molecular weight excluding hydrogens is 286 g/mol. The van der Waals surface area contributed by atoms with Gasteiger partial charge in [0.2, 0.25) is 0 Å². The van der Waals surface area contributed by atoms with Gasteiger partial charge in [0.1, 0.15) is 0 Å². The summed E-state index contributed by atoms with van der Waals surface area (Å²) < 4.78 is 25.2. The number of aliphatic hydroxyl groups excluding tert-OH is 1. The number of rotatable bonds is 2. The van der Waals surface area contributed by atoms with E-state index in [1.807, 2.05) is 25.1 Å². The molecule has 4 nitrogen and oxygen atoms in total. The maximum Gasteiger partial charge on any atom is 0.175 e. The van der Waals surface area contributed by atoms with Crippen LogP contribution in [0.1, 0.15) is 35.9 Å². The molecular formula is C16H19NO3S. The summed E-state index contributed by atoms with van der Waals surface area (Å²) in [4.78, 5) is 0.324. The highest BCUT2D eigenvalue weighted by molar-refractivity contribution is 7.90. The Morgan fingerprint density at radius 2 is 1.90 bits per heavy atom. The van der Waals surface area contributed by atoms with Crippen LogP contribution in [0.15, 0.2) is 35.2 Å². The van der Waals surface area contributed by atoms with Gasteiger partial charge in [-0.1, -0.05) is 0 Å². The Kier molecular flexibility index (Phi) is 3.42. The van der Waals surface area contributed by atoms with Crippen LogP contribution in [0.25, 0.3) is 5.69 Å². The average Bonchev–Trinajstić information content (AvgIpc) is 2.76. The van der Waals surface area contributed by atoms with Crippen LogP contribution in [-0.2, 0) is 16.3 Å². The van der Waals surface area contributed by atoms with Gasteiger partial charge in [-0.25, -0.2) is 8.42 Å². The fraction of sp³-hybridized carbons (Fsp3) is 0.375. The maximum absolute atomic E-state index is 11.5. The van der Waals surface area contributed by atoms with Crippen molar-refractivity contribution < 1.29 is 13.5 Å². The minimum atomic E-state index is -3.17. The second-order valence-electron chi connectivity index (χ2n) is 5.70. The highest BCUT2D eigenvalue weighted by atomic mass is 32.2. The zero-order chi connectivity index (χ0) is 15.2. The Labute approximate surface area is 125 Å². The Morgan fingerprint density at radius 3 is 2.52 bits per heavy atom. The van der Waals surface area contributed by atoms with Crippen molar-refractivity contribution in [3.63, 3.8) is 0 Å². The highest BCUT2D eigenvalue weighted by Crippen LogP contribution is 2.34. The molecule has 112 valence electrons. The van der Waals surface area contributed by atoms with Crippen LogP contribution < -0.4 is 0 Å². The molecule has 1 aromatic carbocycles. The number of hydrogen-bond donors (Lipinski definition) is 1. The molecule has 0 aliphatic heterocycles. The number of hydrogen-bond acceptors (Lipinski definition) is 3. The molecule has 0 radical (unpaired) electrons. The van der Waals surface area contributed by atoms with Crippen molar-refractivity contribution in [3.8, 4) is 5.69 Å². The van der Waals surface area contributed by atoms with E-state index in [-0.39, 0.29) is 6.10 Å². The first-order chi connectivity index (χ1) is 9.88. The van der Waals surface area contributed by atoms with E-state index in [9.17, 15) is 13.5 Å². The molecule has 0 saturated heterocycles. The Balaban J connectivity index is 2.09. The third kappa shape index (κ3) is 2.51.